The molecule has 0 nitrogen and oxygen atoms in total. The van der Waals surface area contributed by atoms with E-state index in [0.29, 0.717) is 11.8 Å². The summed E-state index contributed by atoms with van der Waals surface area (Å²) in [5.74, 6) is 1.37. The minimum absolute atomic E-state index is 0.684. The first kappa shape index (κ1) is 31.8. The summed E-state index contributed by atoms with van der Waals surface area (Å²) in [5.41, 5.74) is 0. The highest BCUT2D eigenvalue weighted by Crippen LogP contribution is 2.69. The monoisotopic (exact) mass is 674 g/mol. The first-order valence-corrected chi connectivity index (χ1v) is 11.8. The van der Waals surface area contributed by atoms with Crippen LogP contribution >= 0.6 is 186 Å². The van der Waals surface area contributed by atoms with Crippen molar-refractivity contribution in [2.24, 2.45) is 0 Å². The molecule has 0 fully saturated rings. The van der Waals surface area contributed by atoms with E-state index in [1.807, 2.05) is 0 Å². The van der Waals surface area contributed by atoms with Crippen molar-refractivity contribution in [1.82, 2.24) is 0 Å². The molecule has 0 bridgehead atoms. The Balaban J connectivity index is 0. The van der Waals surface area contributed by atoms with Crippen LogP contribution in [0.25, 0.3) is 0 Å². The molecule has 154 valence electrons. The third-order valence-electron chi connectivity index (χ3n) is 2.16. The second-order valence-corrected chi connectivity index (χ2v) is 14.7. The minimum atomic E-state index is -2.69. The number of alkyl halides is 16. The zero-order valence-electron chi connectivity index (χ0n) is 11.2. The Hall–Kier alpha value is 4.64. The quantitative estimate of drug-likeness (QED) is 0.254. The molecule has 16 heteroatoms. The van der Waals surface area contributed by atoms with E-state index < -0.39 is 24.9 Å². The summed E-state index contributed by atoms with van der Waals surface area (Å²) < 4.78 is -15.5. The van der Waals surface area contributed by atoms with Crippen LogP contribution < -0.4 is 0 Å². The zero-order chi connectivity index (χ0) is 21.1. The van der Waals surface area contributed by atoms with Crippen molar-refractivity contribution in [2.75, 3.05) is 11.8 Å². The highest BCUT2D eigenvalue weighted by atomic mass is 35.6. The van der Waals surface area contributed by atoms with E-state index in [0.717, 1.165) is 6.42 Å². The number of rotatable bonds is 5. The van der Waals surface area contributed by atoms with E-state index in [1.54, 1.807) is 0 Å². The molecule has 0 aliphatic rings. The molecule has 0 aromatic heterocycles. The van der Waals surface area contributed by atoms with Crippen LogP contribution in [0.2, 0.25) is 0 Å². The molecule has 0 amide bonds. The number of hydrogen-bond acceptors (Lipinski definition) is 0. The Kier molecular flexibility index (Phi) is 14.6. The van der Waals surface area contributed by atoms with Gasteiger partial charge >= 0.3 is 0 Å². The summed E-state index contributed by atoms with van der Waals surface area (Å²) in [4.78, 5) is 0. The van der Waals surface area contributed by atoms with Gasteiger partial charge in [-0.15, -0.1) is 23.2 Å². The molecule has 0 aliphatic carbocycles. The van der Waals surface area contributed by atoms with Crippen molar-refractivity contribution in [2.45, 2.75) is 31.3 Å². The van der Waals surface area contributed by atoms with Crippen LogP contribution in [0.1, 0.15) is 6.42 Å². The third-order valence-corrected chi connectivity index (χ3v) is 11.3. The third kappa shape index (κ3) is 7.62. The van der Waals surface area contributed by atoms with Gasteiger partial charge in [0.05, 0.1) is 0 Å². The van der Waals surface area contributed by atoms with E-state index in [2.05, 4.69) is 0 Å². The Bertz CT molecular complexity index is 363. The van der Waals surface area contributed by atoms with Crippen LogP contribution in [-0.4, -0.2) is 36.7 Å². The Morgan fingerprint density at radius 1 is 0.360 bits per heavy atom. The van der Waals surface area contributed by atoms with Gasteiger partial charge in [-0.05, 0) is 6.42 Å². The Morgan fingerprint density at radius 3 is 0.640 bits per heavy atom. The van der Waals surface area contributed by atoms with Gasteiger partial charge in [0.2, 0.25) is 16.3 Å². The molecule has 0 N–H and O–H groups in total. The van der Waals surface area contributed by atoms with E-state index in [1.165, 1.54) is 0 Å². The average Bonchev–Trinajstić information content (AvgIpc) is 2.37. The lowest BCUT2D eigenvalue weighted by atomic mass is 10.1. The lowest BCUT2D eigenvalue weighted by molar-refractivity contribution is 0.532. The molecule has 0 saturated heterocycles. The van der Waals surface area contributed by atoms with Crippen molar-refractivity contribution >= 4 is 186 Å². The van der Waals surface area contributed by atoms with Crippen LogP contribution in [0.3, 0.4) is 0 Å². The van der Waals surface area contributed by atoms with Crippen molar-refractivity contribution in [3.05, 3.63) is 0 Å². The average molecular weight is 681 g/mol. The smallest absolute Gasteiger partial charge is 0.127 e. The van der Waals surface area contributed by atoms with E-state index >= 15 is 0 Å². The largest absolute Gasteiger partial charge is 0.226 e. The molecule has 0 unspecified atom stereocenters. The molecule has 0 radical (unpaired) electrons. The maximum atomic E-state index is 5.93. The maximum Gasteiger partial charge on any atom is 0.226 e. The van der Waals surface area contributed by atoms with E-state index in [9.17, 15) is 0 Å². The predicted molar refractivity (Wildman–Crippen MR) is 124 cm³/mol. The lowest BCUT2D eigenvalue weighted by Crippen LogP contribution is -2.64. The summed E-state index contributed by atoms with van der Waals surface area (Å²) >= 11 is 91.0. The van der Waals surface area contributed by atoms with Crippen LogP contribution in [0.15, 0.2) is 0 Å². The van der Waals surface area contributed by atoms with Gasteiger partial charge in [0.15, 0.2) is 8.67 Å². The fourth-order valence-corrected chi connectivity index (χ4v) is 4.72. The molecule has 0 spiro atoms. The number of halogens is 16. The minimum Gasteiger partial charge on any atom is -0.127 e. The Morgan fingerprint density at radius 2 is 0.560 bits per heavy atom. The van der Waals surface area contributed by atoms with Crippen molar-refractivity contribution < 1.29 is 0 Å². The molecule has 0 atom stereocenters. The fourth-order valence-electron chi connectivity index (χ4n) is 0.801. The molecule has 0 heterocycles. The van der Waals surface area contributed by atoms with Gasteiger partial charge in [-0.25, -0.2) is 0 Å². The molecule has 0 aliphatic heterocycles. The van der Waals surface area contributed by atoms with Crippen LogP contribution in [0, 0.1) is 0 Å². The maximum absolute atomic E-state index is 5.93. The van der Waals surface area contributed by atoms with E-state index in [4.69, 9.17) is 186 Å². The van der Waals surface area contributed by atoms with Gasteiger partial charge in [0.1, 0.15) is 0 Å². The first-order valence-electron chi connectivity index (χ1n) is 5.43. The molecule has 0 aromatic carbocycles. The Labute approximate surface area is 226 Å². The summed E-state index contributed by atoms with van der Waals surface area (Å²) in [5, 5.41) is 0. The van der Waals surface area contributed by atoms with Crippen LogP contribution in [0.5, 0.6) is 0 Å². The molecule has 0 rings (SSSR count). The second kappa shape index (κ2) is 11.5. The van der Waals surface area contributed by atoms with Crippen molar-refractivity contribution in [1.29, 1.82) is 0 Å². The van der Waals surface area contributed by atoms with Gasteiger partial charge < -0.3 is 0 Å². The predicted octanol–water partition coefficient (Wildman–Crippen LogP) is 10.3. The van der Waals surface area contributed by atoms with Crippen LogP contribution in [0.4, 0.5) is 0 Å². The van der Waals surface area contributed by atoms with Crippen LogP contribution in [-0.2, 0) is 0 Å². The normalized spacial score (nSPS) is 14.9. The highest BCUT2D eigenvalue weighted by molar-refractivity contribution is 6.83. The molecule has 0 saturated carbocycles. The summed E-state index contributed by atoms with van der Waals surface area (Å²) in [7, 11) is 0. The zero-order valence-corrected chi connectivity index (χ0v) is 23.3. The van der Waals surface area contributed by atoms with Gasteiger partial charge in [0, 0.05) is 11.8 Å². The molecular formula is C9H6Cl16. The fraction of sp³-hybridized carbons (Fsp3) is 1.00. The standard InChI is InChI=1S/C6Cl14.C3H6Cl2/c7-1(8,3(11,12)5(15,16)17)2(9,10)4(13,14)6(18,19)20;4-2-1-3-5/h;1-3H2. The second-order valence-electron chi connectivity index (χ2n) is 4.02. The van der Waals surface area contributed by atoms with Gasteiger partial charge in [-0.3, -0.25) is 0 Å². The number of hydrogen-bond donors (Lipinski definition) is 0. The lowest BCUT2D eigenvalue weighted by Gasteiger charge is -2.49. The van der Waals surface area contributed by atoms with Crippen molar-refractivity contribution in [3.8, 4) is 0 Å². The van der Waals surface area contributed by atoms with Crippen molar-refractivity contribution in [3.63, 3.8) is 0 Å². The molecule has 25 heavy (non-hydrogen) atoms. The van der Waals surface area contributed by atoms with Gasteiger partial charge in [-0.2, -0.15) is 0 Å². The topological polar surface area (TPSA) is 0 Å². The van der Waals surface area contributed by atoms with E-state index in [-0.39, 0.29) is 0 Å². The van der Waals surface area contributed by atoms with Gasteiger partial charge in [-0.1, -0.05) is 162 Å². The summed E-state index contributed by atoms with van der Waals surface area (Å²) in [6, 6.07) is 0. The highest BCUT2D eigenvalue weighted by Gasteiger charge is 2.76. The summed E-state index contributed by atoms with van der Waals surface area (Å²) in [6.45, 7) is 0. The SMILES string of the molecule is ClC(Cl)(Cl)C(Cl)(Cl)C(Cl)(Cl)C(Cl)(Cl)C(Cl)(Cl)C(Cl)(Cl)Cl.ClCCCCl. The summed E-state index contributed by atoms with van der Waals surface area (Å²) in [6.07, 6.45) is 0.920. The first-order chi connectivity index (χ1) is 10.7. The van der Waals surface area contributed by atoms with Gasteiger partial charge in [0.25, 0.3) is 0 Å². The molecule has 0 aromatic rings. The molecular weight excluding hydrogens is 675 g/mol.